The van der Waals surface area contributed by atoms with Crippen molar-refractivity contribution in [2.45, 2.75) is 19.8 Å². The van der Waals surface area contributed by atoms with Gasteiger partial charge in [-0.2, -0.15) is 0 Å². The molecule has 1 saturated heterocycles. The van der Waals surface area contributed by atoms with Crippen LogP contribution in [0.2, 0.25) is 0 Å². The first-order chi connectivity index (χ1) is 13.1. The van der Waals surface area contributed by atoms with Crippen molar-refractivity contribution in [3.05, 3.63) is 29.3 Å². The molecule has 1 aliphatic heterocycles. The van der Waals surface area contributed by atoms with Crippen molar-refractivity contribution in [2.75, 3.05) is 37.1 Å². The smallest absolute Gasteiger partial charge is 0.231 e. The number of carbonyl (C=O) groups excluding carboxylic acids is 2. The maximum atomic E-state index is 12.5. The molecule has 144 valence electrons. The lowest BCUT2D eigenvalue weighted by Crippen LogP contribution is -2.28. The fraction of sp³-hybridized carbons (Fsp3) is 0.444. The molecule has 0 aliphatic carbocycles. The summed E-state index contributed by atoms with van der Waals surface area (Å²) in [7, 11) is 1.59. The highest BCUT2D eigenvalue weighted by Gasteiger charge is 2.35. The summed E-state index contributed by atoms with van der Waals surface area (Å²) in [6.07, 6.45) is 0.836. The van der Waals surface area contributed by atoms with Crippen molar-refractivity contribution in [1.82, 2.24) is 10.2 Å². The van der Waals surface area contributed by atoms with E-state index in [0.29, 0.717) is 31.3 Å². The molecule has 0 bridgehead atoms. The Morgan fingerprint density at radius 3 is 2.81 bits per heavy atom. The molecule has 1 unspecified atom stereocenters. The van der Waals surface area contributed by atoms with Crippen LogP contribution in [0.15, 0.2) is 24.3 Å². The SMILES string of the molecule is CCOCCc1nnc(NC(=O)C2CC(=O)N(c3ccc(OC)cc3)C2)s1. The number of ether oxygens (including phenoxy) is 2. The maximum Gasteiger partial charge on any atom is 0.231 e. The summed E-state index contributed by atoms with van der Waals surface area (Å²) in [5.74, 6) is 0.00771. The first kappa shape index (κ1) is 19.2. The lowest BCUT2D eigenvalue weighted by atomic mass is 10.1. The van der Waals surface area contributed by atoms with Crippen molar-refractivity contribution in [1.29, 1.82) is 0 Å². The minimum atomic E-state index is -0.421. The van der Waals surface area contributed by atoms with Crippen molar-refractivity contribution in [3.8, 4) is 5.75 Å². The van der Waals surface area contributed by atoms with Crippen LogP contribution < -0.4 is 15.0 Å². The van der Waals surface area contributed by atoms with Crippen molar-refractivity contribution in [2.24, 2.45) is 5.92 Å². The average molecular weight is 390 g/mol. The molecule has 1 aromatic heterocycles. The molecule has 1 aromatic carbocycles. The Hall–Kier alpha value is -2.52. The van der Waals surface area contributed by atoms with Gasteiger partial charge in [0.15, 0.2) is 0 Å². The molecule has 2 amide bonds. The molecule has 27 heavy (non-hydrogen) atoms. The summed E-state index contributed by atoms with van der Waals surface area (Å²) in [5.41, 5.74) is 0.755. The highest BCUT2D eigenvalue weighted by molar-refractivity contribution is 7.15. The fourth-order valence-corrected chi connectivity index (χ4v) is 3.53. The number of benzene rings is 1. The number of nitrogens with zero attached hydrogens (tertiary/aromatic N) is 3. The minimum absolute atomic E-state index is 0.0741. The fourth-order valence-electron chi connectivity index (χ4n) is 2.81. The molecule has 3 rings (SSSR count). The predicted octanol–water partition coefficient (Wildman–Crippen LogP) is 2.12. The molecule has 2 aromatic rings. The van der Waals surface area contributed by atoms with Gasteiger partial charge in [-0.15, -0.1) is 10.2 Å². The van der Waals surface area contributed by atoms with Crippen LogP contribution in [0, 0.1) is 5.92 Å². The van der Waals surface area contributed by atoms with E-state index in [4.69, 9.17) is 9.47 Å². The van der Waals surface area contributed by atoms with Gasteiger partial charge in [0.1, 0.15) is 10.8 Å². The molecule has 1 atom stereocenters. The highest BCUT2D eigenvalue weighted by atomic mass is 32.1. The van der Waals surface area contributed by atoms with Gasteiger partial charge in [0.25, 0.3) is 0 Å². The number of nitrogens with one attached hydrogen (secondary N) is 1. The number of anilines is 2. The summed E-state index contributed by atoms with van der Waals surface area (Å²) in [6, 6.07) is 7.21. The Morgan fingerprint density at radius 2 is 2.11 bits per heavy atom. The molecule has 1 fully saturated rings. The molecule has 1 N–H and O–H groups in total. The summed E-state index contributed by atoms with van der Waals surface area (Å²) < 4.78 is 10.4. The normalized spacial score (nSPS) is 16.6. The zero-order chi connectivity index (χ0) is 19.2. The molecule has 1 aliphatic rings. The Kier molecular flexibility index (Phi) is 6.36. The standard InChI is InChI=1S/C18H22N4O4S/c1-3-26-9-8-15-20-21-18(27-15)19-17(24)12-10-16(23)22(11-12)13-4-6-14(25-2)7-5-13/h4-7,12H,3,8-11H2,1-2H3,(H,19,21,24). The zero-order valence-electron chi connectivity index (χ0n) is 15.3. The summed E-state index contributed by atoms with van der Waals surface area (Å²) in [4.78, 5) is 26.5. The van der Waals surface area contributed by atoms with Crippen LogP contribution >= 0.6 is 11.3 Å². The van der Waals surface area contributed by atoms with Crippen molar-refractivity contribution < 1.29 is 19.1 Å². The number of carbonyl (C=O) groups is 2. The molecule has 0 spiro atoms. The second-order valence-electron chi connectivity index (χ2n) is 6.04. The predicted molar refractivity (Wildman–Crippen MR) is 102 cm³/mol. The maximum absolute atomic E-state index is 12.5. The first-order valence-corrected chi connectivity index (χ1v) is 9.57. The van der Waals surface area contributed by atoms with Gasteiger partial charge in [-0.1, -0.05) is 11.3 Å². The zero-order valence-corrected chi connectivity index (χ0v) is 16.1. The number of hydrogen-bond acceptors (Lipinski definition) is 7. The van der Waals surface area contributed by atoms with Crippen molar-refractivity contribution in [3.63, 3.8) is 0 Å². The average Bonchev–Trinajstić information content (AvgIpc) is 3.28. The van der Waals surface area contributed by atoms with E-state index in [9.17, 15) is 9.59 Å². The molecule has 9 heteroatoms. The van der Waals surface area contributed by atoms with Gasteiger partial charge in [0.2, 0.25) is 16.9 Å². The van der Waals surface area contributed by atoms with Gasteiger partial charge in [-0.05, 0) is 31.2 Å². The van der Waals surface area contributed by atoms with E-state index in [2.05, 4.69) is 15.5 Å². The van der Waals surface area contributed by atoms with Gasteiger partial charge >= 0.3 is 0 Å². The van der Waals surface area contributed by atoms with Crippen LogP contribution in [0.25, 0.3) is 0 Å². The summed E-state index contributed by atoms with van der Waals surface area (Å²) in [5, 5.41) is 12.1. The Balaban J connectivity index is 1.57. The third-order valence-electron chi connectivity index (χ3n) is 4.24. The number of hydrogen-bond donors (Lipinski definition) is 1. The van der Waals surface area contributed by atoms with Gasteiger partial charge < -0.3 is 19.7 Å². The molecule has 0 radical (unpaired) electrons. The van der Waals surface area contributed by atoms with E-state index in [0.717, 1.165) is 16.4 Å². The quantitative estimate of drug-likeness (QED) is 0.694. The minimum Gasteiger partial charge on any atom is -0.497 e. The van der Waals surface area contributed by atoms with Crippen LogP contribution in [0.1, 0.15) is 18.4 Å². The van der Waals surface area contributed by atoms with Crippen LogP contribution in [0.4, 0.5) is 10.8 Å². The van der Waals surface area contributed by atoms with E-state index >= 15 is 0 Å². The van der Waals surface area contributed by atoms with Gasteiger partial charge in [-0.3, -0.25) is 9.59 Å². The monoisotopic (exact) mass is 390 g/mol. The first-order valence-electron chi connectivity index (χ1n) is 8.76. The van der Waals surface area contributed by atoms with Crippen molar-refractivity contribution >= 4 is 34.0 Å². The van der Waals surface area contributed by atoms with E-state index < -0.39 is 5.92 Å². The molecule has 0 saturated carbocycles. The molecular weight excluding hydrogens is 368 g/mol. The van der Waals surface area contributed by atoms with Crippen LogP contribution in [0.3, 0.4) is 0 Å². The van der Waals surface area contributed by atoms with Gasteiger partial charge in [0, 0.05) is 31.7 Å². The molecule has 2 heterocycles. The van der Waals surface area contributed by atoms with E-state index in [1.807, 2.05) is 19.1 Å². The van der Waals surface area contributed by atoms with Crippen LogP contribution in [0.5, 0.6) is 5.75 Å². The highest BCUT2D eigenvalue weighted by Crippen LogP contribution is 2.28. The largest absolute Gasteiger partial charge is 0.497 e. The lowest BCUT2D eigenvalue weighted by Gasteiger charge is -2.16. The van der Waals surface area contributed by atoms with Crippen LogP contribution in [-0.4, -0.2) is 48.9 Å². The van der Waals surface area contributed by atoms with Gasteiger partial charge in [-0.25, -0.2) is 0 Å². The number of methoxy groups -OCH3 is 1. The third-order valence-corrected chi connectivity index (χ3v) is 5.14. The van der Waals surface area contributed by atoms with E-state index in [1.54, 1.807) is 24.1 Å². The van der Waals surface area contributed by atoms with E-state index in [1.165, 1.54) is 11.3 Å². The Labute approximate surface area is 161 Å². The number of amides is 2. The Bertz CT molecular complexity index is 793. The van der Waals surface area contributed by atoms with E-state index in [-0.39, 0.29) is 18.2 Å². The van der Waals surface area contributed by atoms with Crippen LogP contribution in [-0.2, 0) is 20.7 Å². The number of rotatable bonds is 8. The van der Waals surface area contributed by atoms with Gasteiger partial charge in [0.05, 0.1) is 19.6 Å². The third kappa shape index (κ3) is 4.81. The second-order valence-corrected chi connectivity index (χ2v) is 7.10. The summed E-state index contributed by atoms with van der Waals surface area (Å²) in [6.45, 7) is 3.51. The second kappa shape index (κ2) is 8.92. The lowest BCUT2D eigenvalue weighted by molar-refractivity contribution is -0.122. The number of aromatic nitrogens is 2. The molecular formula is C18H22N4O4S. The summed E-state index contributed by atoms with van der Waals surface area (Å²) >= 11 is 1.33. The topological polar surface area (TPSA) is 93.7 Å². The Morgan fingerprint density at radius 1 is 1.33 bits per heavy atom. The molecule has 8 nitrogen and oxygen atoms in total.